The topological polar surface area (TPSA) is 54.4 Å². The molecule has 0 saturated heterocycles. The fraction of sp³-hybridized carbons (Fsp3) is 0.875. The molecule has 0 unspecified atom stereocenters. The molecule has 0 rings (SSSR count). The van der Waals surface area contributed by atoms with Gasteiger partial charge in [-0.1, -0.05) is 13.8 Å². The van der Waals surface area contributed by atoms with E-state index in [0.717, 1.165) is 0 Å². The van der Waals surface area contributed by atoms with E-state index in [9.17, 15) is 9.36 Å². The molecule has 0 aliphatic rings. The first kappa shape index (κ1) is 11.7. The van der Waals surface area contributed by atoms with Gasteiger partial charge < -0.3 is 9.67 Å². The van der Waals surface area contributed by atoms with E-state index in [2.05, 4.69) is 0 Å². The molecule has 72 valence electrons. The van der Waals surface area contributed by atoms with E-state index in [4.69, 9.17) is 5.11 Å². The number of rotatable bonds is 4. The van der Waals surface area contributed by atoms with Crippen LogP contribution in [0.4, 0.5) is 0 Å². The number of hydrogen-bond donors (Lipinski definition) is 1. The Labute approximate surface area is 73.5 Å². The maximum atomic E-state index is 12.0. The first-order valence-electron chi connectivity index (χ1n) is 4.13. The number of carbonyl (C=O) groups is 1. The fourth-order valence-corrected chi connectivity index (χ4v) is 3.57. The third-order valence-electron chi connectivity index (χ3n) is 2.56. The molecule has 0 radical (unpaired) electrons. The Kier molecular flexibility index (Phi) is 3.52. The molecule has 0 aliphatic heterocycles. The van der Waals surface area contributed by atoms with Crippen LogP contribution in [0.1, 0.15) is 27.7 Å². The molecule has 12 heavy (non-hydrogen) atoms. The lowest BCUT2D eigenvalue weighted by Gasteiger charge is -2.29. The molecular formula is C8H17O3P. The van der Waals surface area contributed by atoms with Gasteiger partial charge in [-0.15, -0.1) is 0 Å². The van der Waals surface area contributed by atoms with Crippen molar-refractivity contribution in [1.82, 2.24) is 0 Å². The Morgan fingerprint density at radius 3 is 1.75 bits per heavy atom. The van der Waals surface area contributed by atoms with Gasteiger partial charge >= 0.3 is 5.97 Å². The quantitative estimate of drug-likeness (QED) is 0.695. The van der Waals surface area contributed by atoms with Gasteiger partial charge in [0.15, 0.2) is 0 Å². The van der Waals surface area contributed by atoms with Crippen molar-refractivity contribution in [2.24, 2.45) is 0 Å². The highest BCUT2D eigenvalue weighted by molar-refractivity contribution is 7.66. The van der Waals surface area contributed by atoms with E-state index in [1.807, 2.05) is 0 Å². The summed E-state index contributed by atoms with van der Waals surface area (Å²) in [5, 5.41) is 7.79. The minimum Gasteiger partial charge on any atom is -0.480 e. The summed E-state index contributed by atoms with van der Waals surface area (Å²) in [6.07, 6.45) is 0.922. The van der Waals surface area contributed by atoms with Crippen molar-refractivity contribution in [3.05, 3.63) is 0 Å². The largest absolute Gasteiger partial charge is 0.480 e. The van der Waals surface area contributed by atoms with E-state index in [1.54, 1.807) is 27.7 Å². The van der Waals surface area contributed by atoms with E-state index in [1.165, 1.54) is 0 Å². The van der Waals surface area contributed by atoms with Gasteiger partial charge in [-0.05, 0) is 26.2 Å². The summed E-state index contributed by atoms with van der Waals surface area (Å²) >= 11 is 0. The highest BCUT2D eigenvalue weighted by atomic mass is 31.2. The number of carboxylic acids is 1. The Morgan fingerprint density at radius 1 is 1.33 bits per heavy atom. The van der Waals surface area contributed by atoms with E-state index < -0.39 is 18.3 Å². The Hall–Kier alpha value is -0.300. The lowest BCUT2D eigenvalue weighted by molar-refractivity contribution is -0.139. The Bertz CT molecular complexity index is 212. The molecule has 3 nitrogen and oxygen atoms in total. The van der Waals surface area contributed by atoms with Gasteiger partial charge in [0.05, 0.1) is 0 Å². The molecule has 0 aromatic carbocycles. The second kappa shape index (κ2) is 3.61. The molecule has 0 aromatic rings. The zero-order valence-corrected chi connectivity index (χ0v) is 9.02. The predicted molar refractivity (Wildman–Crippen MR) is 50.4 cm³/mol. The zero-order chi connectivity index (χ0) is 9.99. The highest BCUT2D eigenvalue weighted by Gasteiger charge is 2.43. The van der Waals surface area contributed by atoms with Gasteiger partial charge in [0.2, 0.25) is 0 Å². The first-order chi connectivity index (χ1) is 5.31. The maximum absolute atomic E-state index is 12.0. The zero-order valence-electron chi connectivity index (χ0n) is 8.13. The molecule has 0 amide bonds. The standard InChI is InChI=1S/C8H17O3P/c1-5-12(11,6-2)8(3,4)7(9)10/h5-6H2,1-4H3,(H,9,10). The smallest absolute Gasteiger partial charge is 0.316 e. The van der Waals surface area contributed by atoms with Gasteiger partial charge in [-0.3, -0.25) is 4.79 Å². The molecule has 0 aliphatic carbocycles. The van der Waals surface area contributed by atoms with Crippen LogP contribution in [0.2, 0.25) is 0 Å². The molecule has 4 heteroatoms. The van der Waals surface area contributed by atoms with Gasteiger partial charge in [0.25, 0.3) is 0 Å². The average Bonchev–Trinajstić information content (AvgIpc) is 2.02. The monoisotopic (exact) mass is 192 g/mol. The summed E-state index contributed by atoms with van der Waals surface area (Å²) < 4.78 is 12.0. The number of hydrogen-bond acceptors (Lipinski definition) is 2. The fourth-order valence-electron chi connectivity index (χ4n) is 1.19. The molecule has 0 saturated carbocycles. The SMILES string of the molecule is CCP(=O)(CC)C(C)(C)C(=O)O. The van der Waals surface area contributed by atoms with Gasteiger partial charge in [0.1, 0.15) is 12.3 Å². The van der Waals surface area contributed by atoms with Crippen molar-refractivity contribution in [2.75, 3.05) is 12.3 Å². The van der Waals surface area contributed by atoms with Crippen molar-refractivity contribution in [1.29, 1.82) is 0 Å². The van der Waals surface area contributed by atoms with Crippen LogP contribution in [0, 0.1) is 0 Å². The van der Waals surface area contributed by atoms with Crippen LogP contribution in [-0.4, -0.2) is 28.6 Å². The van der Waals surface area contributed by atoms with E-state index in [0.29, 0.717) is 12.3 Å². The number of carboxylic acid groups (broad SMARTS) is 1. The summed E-state index contributed by atoms with van der Waals surface area (Å²) in [5.41, 5.74) is 0. The second-order valence-electron chi connectivity index (χ2n) is 3.39. The van der Waals surface area contributed by atoms with Gasteiger partial charge in [-0.25, -0.2) is 0 Å². The summed E-state index contributed by atoms with van der Waals surface area (Å²) in [6.45, 7) is 6.66. The summed E-state index contributed by atoms with van der Waals surface area (Å²) in [4.78, 5) is 10.8. The van der Waals surface area contributed by atoms with Crippen LogP contribution in [0.15, 0.2) is 0 Å². The lowest BCUT2D eigenvalue weighted by Crippen LogP contribution is -2.32. The Morgan fingerprint density at radius 2 is 1.67 bits per heavy atom. The number of aliphatic carboxylic acids is 1. The first-order valence-corrected chi connectivity index (χ1v) is 6.21. The van der Waals surface area contributed by atoms with Crippen LogP contribution < -0.4 is 0 Å². The third-order valence-corrected chi connectivity index (χ3v) is 6.84. The van der Waals surface area contributed by atoms with Crippen LogP contribution >= 0.6 is 7.14 Å². The van der Waals surface area contributed by atoms with Crippen molar-refractivity contribution in [3.63, 3.8) is 0 Å². The lowest BCUT2D eigenvalue weighted by atomic mass is 10.2. The molecule has 0 spiro atoms. The van der Waals surface area contributed by atoms with Crippen molar-refractivity contribution in [2.45, 2.75) is 32.9 Å². The van der Waals surface area contributed by atoms with Crippen LogP contribution in [-0.2, 0) is 9.36 Å². The summed E-state index contributed by atoms with van der Waals surface area (Å²) in [7, 11) is -2.54. The normalized spacial score (nSPS) is 13.0. The minimum absolute atomic E-state index is 0.461. The van der Waals surface area contributed by atoms with Crippen LogP contribution in [0.25, 0.3) is 0 Å². The van der Waals surface area contributed by atoms with Crippen molar-refractivity contribution >= 4 is 13.1 Å². The van der Waals surface area contributed by atoms with Crippen molar-refractivity contribution < 1.29 is 14.5 Å². The van der Waals surface area contributed by atoms with Crippen LogP contribution in [0.3, 0.4) is 0 Å². The molecular weight excluding hydrogens is 175 g/mol. The van der Waals surface area contributed by atoms with Crippen molar-refractivity contribution in [3.8, 4) is 0 Å². The Balaban J connectivity index is 4.98. The molecule has 0 fully saturated rings. The van der Waals surface area contributed by atoms with E-state index >= 15 is 0 Å². The maximum Gasteiger partial charge on any atom is 0.316 e. The molecule has 0 heterocycles. The predicted octanol–water partition coefficient (Wildman–Crippen LogP) is 2.25. The molecule has 0 bridgehead atoms. The second-order valence-corrected chi connectivity index (χ2v) is 7.55. The summed E-state index contributed by atoms with van der Waals surface area (Å²) in [6, 6.07) is 0. The van der Waals surface area contributed by atoms with Gasteiger partial charge in [-0.2, -0.15) is 0 Å². The molecule has 0 aromatic heterocycles. The van der Waals surface area contributed by atoms with E-state index in [-0.39, 0.29) is 0 Å². The average molecular weight is 192 g/mol. The molecule has 0 atom stereocenters. The van der Waals surface area contributed by atoms with Crippen LogP contribution in [0.5, 0.6) is 0 Å². The van der Waals surface area contributed by atoms with Gasteiger partial charge in [0, 0.05) is 0 Å². The molecule has 1 N–H and O–H groups in total. The summed E-state index contributed by atoms with van der Waals surface area (Å²) in [5.74, 6) is -0.963. The third kappa shape index (κ3) is 1.71. The minimum atomic E-state index is -2.54. The highest BCUT2D eigenvalue weighted by Crippen LogP contribution is 2.57.